The van der Waals surface area contributed by atoms with Crippen molar-refractivity contribution in [1.29, 1.82) is 0 Å². The van der Waals surface area contributed by atoms with E-state index in [0.29, 0.717) is 51.7 Å². The summed E-state index contributed by atoms with van der Waals surface area (Å²) in [4.78, 5) is 32.9. The van der Waals surface area contributed by atoms with E-state index in [9.17, 15) is 22.8 Å². The lowest BCUT2D eigenvalue weighted by Crippen LogP contribution is -2.42. The van der Waals surface area contributed by atoms with E-state index in [0.717, 1.165) is 16.6 Å². The SMILES string of the molecule is COc1cc2nc(NC3CC(CNC(=O)C4(C(F)(F)F)CC4)=CC=C3Cl)[nH]c2cc1C(=O)NC1=CC=C(Br)CC1. The van der Waals surface area contributed by atoms with Crippen LogP contribution in [0.15, 0.2) is 57.2 Å². The molecule has 212 valence electrons. The summed E-state index contributed by atoms with van der Waals surface area (Å²) in [5, 5.41) is 9.03. The third-order valence-corrected chi connectivity index (χ3v) is 8.26. The standard InChI is InChI=1S/C27H26BrClF3N5O3/c1-40-22-12-21-20(11-17(22)23(38)34-16-5-3-15(28)4-6-16)36-25(37-21)35-19-10-14(2-7-18(19)29)13-33-24(39)26(8-9-26)27(30,31)32/h2-3,5,7,11-12,19H,4,6,8-10,13H2,1H3,(H,33,39)(H,34,38)(H2,35,36,37). The Kier molecular flexibility index (Phi) is 7.75. The summed E-state index contributed by atoms with van der Waals surface area (Å²) in [7, 11) is 1.47. The van der Waals surface area contributed by atoms with Crippen LogP contribution in [0, 0.1) is 5.41 Å². The monoisotopic (exact) mass is 639 g/mol. The number of halogens is 5. The molecule has 1 aromatic carbocycles. The van der Waals surface area contributed by atoms with Gasteiger partial charge in [0.05, 0.1) is 29.7 Å². The number of nitrogens with one attached hydrogen (secondary N) is 4. The fourth-order valence-electron chi connectivity index (χ4n) is 4.67. The van der Waals surface area contributed by atoms with Crippen LogP contribution >= 0.6 is 27.5 Å². The Balaban J connectivity index is 1.26. The Labute approximate surface area is 241 Å². The van der Waals surface area contributed by atoms with Gasteiger partial charge in [-0.25, -0.2) is 4.98 Å². The number of fused-ring (bicyclic) bond motifs is 1. The molecule has 2 amide bonds. The summed E-state index contributed by atoms with van der Waals surface area (Å²) in [5.74, 6) is -0.564. The number of ether oxygens (including phenoxy) is 1. The molecule has 1 heterocycles. The third kappa shape index (κ3) is 5.78. The van der Waals surface area contributed by atoms with Gasteiger partial charge in [0.1, 0.15) is 11.2 Å². The van der Waals surface area contributed by atoms with Crippen molar-refractivity contribution in [1.82, 2.24) is 20.6 Å². The number of imidazole rings is 1. The number of alkyl halides is 3. The van der Waals surface area contributed by atoms with E-state index in [2.05, 4.69) is 41.8 Å². The quantitative estimate of drug-likeness (QED) is 0.285. The van der Waals surface area contributed by atoms with Crippen LogP contribution in [-0.2, 0) is 4.79 Å². The number of methoxy groups -OCH3 is 1. The highest BCUT2D eigenvalue weighted by Crippen LogP contribution is 2.57. The van der Waals surface area contributed by atoms with Gasteiger partial charge >= 0.3 is 6.18 Å². The molecule has 1 saturated carbocycles. The number of nitrogens with zero attached hydrogens (tertiary/aromatic N) is 1. The third-order valence-electron chi connectivity index (χ3n) is 7.21. The smallest absolute Gasteiger partial charge is 0.403 e. The predicted molar refractivity (Wildman–Crippen MR) is 149 cm³/mol. The second-order valence-corrected chi connectivity index (χ2v) is 11.4. The van der Waals surface area contributed by atoms with Crippen LogP contribution in [0.3, 0.4) is 0 Å². The van der Waals surface area contributed by atoms with E-state index in [1.807, 2.05) is 12.2 Å². The highest BCUT2D eigenvalue weighted by atomic mass is 79.9. The summed E-state index contributed by atoms with van der Waals surface area (Å²) in [5.41, 5.74) is 0.731. The average Bonchev–Trinajstić information content (AvgIpc) is 3.65. The largest absolute Gasteiger partial charge is 0.496 e. The van der Waals surface area contributed by atoms with E-state index < -0.39 is 23.5 Å². The first kappa shape index (κ1) is 28.3. The summed E-state index contributed by atoms with van der Waals surface area (Å²) >= 11 is 9.86. The highest BCUT2D eigenvalue weighted by Gasteiger charge is 2.68. The van der Waals surface area contributed by atoms with Crippen molar-refractivity contribution in [2.45, 2.75) is 44.3 Å². The number of hydrogen-bond donors (Lipinski definition) is 4. The number of rotatable bonds is 8. The normalized spacial score (nSPS) is 20.1. The number of amides is 2. The first-order valence-electron chi connectivity index (χ1n) is 12.6. The summed E-state index contributed by atoms with van der Waals surface area (Å²) in [6.45, 7) is -0.0194. The summed E-state index contributed by atoms with van der Waals surface area (Å²) < 4.78 is 46.2. The van der Waals surface area contributed by atoms with E-state index >= 15 is 0 Å². The second-order valence-electron chi connectivity index (χ2n) is 9.95. The zero-order valence-electron chi connectivity index (χ0n) is 21.3. The van der Waals surface area contributed by atoms with Crippen molar-refractivity contribution < 1.29 is 27.5 Å². The number of carbonyl (C=O) groups excluding carboxylic acids is 2. The molecule has 40 heavy (non-hydrogen) atoms. The van der Waals surface area contributed by atoms with Crippen LogP contribution in [-0.4, -0.2) is 47.7 Å². The topological polar surface area (TPSA) is 108 Å². The van der Waals surface area contributed by atoms with E-state index in [1.54, 1.807) is 24.3 Å². The van der Waals surface area contributed by atoms with Crippen LogP contribution in [0.5, 0.6) is 5.75 Å². The molecule has 5 rings (SSSR count). The molecule has 0 spiro atoms. The van der Waals surface area contributed by atoms with Gasteiger partial charge in [-0.2, -0.15) is 13.2 Å². The molecule has 3 aliphatic carbocycles. The van der Waals surface area contributed by atoms with E-state index in [-0.39, 0.29) is 25.3 Å². The van der Waals surface area contributed by atoms with Gasteiger partial charge in [-0.15, -0.1) is 0 Å². The molecule has 8 nitrogen and oxygen atoms in total. The molecule has 1 unspecified atom stereocenters. The molecule has 0 radical (unpaired) electrons. The maximum absolute atomic E-state index is 13.2. The van der Waals surface area contributed by atoms with Crippen LogP contribution < -0.4 is 20.7 Å². The number of carbonyl (C=O) groups is 2. The van der Waals surface area contributed by atoms with Crippen LogP contribution in [0.4, 0.5) is 19.1 Å². The van der Waals surface area contributed by atoms with Gasteiger partial charge in [-0.05, 0) is 60.4 Å². The van der Waals surface area contributed by atoms with Crippen LogP contribution in [0.25, 0.3) is 11.0 Å². The van der Waals surface area contributed by atoms with Crippen molar-refractivity contribution in [3.8, 4) is 5.75 Å². The Morgan fingerprint density at radius 3 is 2.62 bits per heavy atom. The first-order chi connectivity index (χ1) is 19.0. The molecule has 0 aliphatic heterocycles. The molecule has 13 heteroatoms. The maximum atomic E-state index is 13.2. The molecule has 0 bridgehead atoms. The number of aromatic nitrogens is 2. The molecule has 2 aromatic rings. The molecular weight excluding hydrogens is 615 g/mol. The van der Waals surface area contributed by atoms with E-state index in [4.69, 9.17) is 16.3 Å². The molecule has 1 fully saturated rings. The molecule has 1 aromatic heterocycles. The number of allylic oxidation sites excluding steroid dienone is 6. The molecule has 0 saturated heterocycles. The van der Waals surface area contributed by atoms with Gasteiger partial charge in [0.25, 0.3) is 5.91 Å². The fraction of sp³-hybridized carbons (Fsp3) is 0.370. The Morgan fingerprint density at radius 2 is 1.98 bits per heavy atom. The predicted octanol–water partition coefficient (Wildman–Crippen LogP) is 5.95. The zero-order chi connectivity index (χ0) is 28.7. The van der Waals surface area contributed by atoms with Gasteiger partial charge in [0, 0.05) is 23.3 Å². The lowest BCUT2D eigenvalue weighted by molar-refractivity contribution is -0.192. The van der Waals surface area contributed by atoms with Gasteiger partial charge in [0.15, 0.2) is 0 Å². The Morgan fingerprint density at radius 1 is 1.20 bits per heavy atom. The maximum Gasteiger partial charge on any atom is 0.403 e. The van der Waals surface area contributed by atoms with Gasteiger partial charge in [-0.1, -0.05) is 39.7 Å². The van der Waals surface area contributed by atoms with Crippen molar-refractivity contribution in [3.05, 3.63) is 62.8 Å². The second kappa shape index (κ2) is 11.0. The van der Waals surface area contributed by atoms with Crippen molar-refractivity contribution in [2.75, 3.05) is 19.0 Å². The van der Waals surface area contributed by atoms with Crippen LogP contribution in [0.1, 0.15) is 42.5 Å². The molecule has 1 atom stereocenters. The lowest BCUT2D eigenvalue weighted by Gasteiger charge is -2.24. The van der Waals surface area contributed by atoms with Crippen molar-refractivity contribution >= 4 is 56.3 Å². The zero-order valence-corrected chi connectivity index (χ0v) is 23.7. The highest BCUT2D eigenvalue weighted by molar-refractivity contribution is 9.11. The number of anilines is 1. The van der Waals surface area contributed by atoms with E-state index in [1.165, 1.54) is 7.11 Å². The summed E-state index contributed by atoms with van der Waals surface area (Å²) in [6, 6.07) is 2.89. The number of H-pyrrole nitrogens is 1. The number of benzene rings is 1. The van der Waals surface area contributed by atoms with Gasteiger partial charge < -0.3 is 25.7 Å². The lowest BCUT2D eigenvalue weighted by atomic mass is 9.99. The first-order valence-corrected chi connectivity index (χ1v) is 13.8. The average molecular weight is 641 g/mol. The molecule has 3 aliphatic rings. The van der Waals surface area contributed by atoms with Gasteiger partial charge in [0.2, 0.25) is 11.9 Å². The van der Waals surface area contributed by atoms with Gasteiger partial charge in [-0.3, -0.25) is 9.59 Å². The molecule has 4 N–H and O–H groups in total. The molecular formula is C27H26BrClF3N5O3. The fourth-order valence-corrected chi connectivity index (χ4v) is 5.19. The Hall–Kier alpha value is -3.25. The number of aromatic amines is 1. The minimum Gasteiger partial charge on any atom is -0.496 e. The minimum absolute atomic E-state index is 0.0194. The van der Waals surface area contributed by atoms with Crippen molar-refractivity contribution in [3.63, 3.8) is 0 Å². The minimum atomic E-state index is -4.56. The Bertz CT molecular complexity index is 1490. The van der Waals surface area contributed by atoms with Crippen LogP contribution in [0.2, 0.25) is 0 Å². The van der Waals surface area contributed by atoms with Crippen molar-refractivity contribution in [2.24, 2.45) is 5.41 Å². The number of hydrogen-bond acceptors (Lipinski definition) is 5. The summed E-state index contributed by atoms with van der Waals surface area (Å²) in [6.07, 6.45) is 4.00.